The highest BCUT2D eigenvalue weighted by Crippen LogP contribution is 2.31. The van der Waals surface area contributed by atoms with E-state index in [2.05, 4.69) is 5.32 Å². The summed E-state index contributed by atoms with van der Waals surface area (Å²) in [6, 6.07) is 26.3. The van der Waals surface area contributed by atoms with Crippen LogP contribution in [0.25, 0.3) is 22.6 Å². The van der Waals surface area contributed by atoms with Gasteiger partial charge < -0.3 is 10.1 Å². The Morgan fingerprint density at radius 1 is 0.800 bits per heavy atom. The zero-order valence-electron chi connectivity index (χ0n) is 16.7. The Hall–Kier alpha value is -4.06. The lowest BCUT2D eigenvalue weighted by molar-refractivity contribution is -0.114. The molecule has 0 saturated heterocycles. The maximum absolute atomic E-state index is 13.5. The molecule has 0 fully saturated rings. The van der Waals surface area contributed by atoms with Crippen LogP contribution in [0.3, 0.4) is 0 Å². The van der Waals surface area contributed by atoms with Crippen molar-refractivity contribution in [3.63, 3.8) is 0 Å². The van der Waals surface area contributed by atoms with Crippen molar-refractivity contribution >= 4 is 11.6 Å². The summed E-state index contributed by atoms with van der Waals surface area (Å²) in [6.07, 6.45) is 0. The molecule has 0 saturated carbocycles. The van der Waals surface area contributed by atoms with Gasteiger partial charge >= 0.3 is 0 Å². The molecule has 1 amide bonds. The van der Waals surface area contributed by atoms with Crippen molar-refractivity contribution in [3.05, 3.63) is 95.3 Å². The lowest BCUT2D eigenvalue weighted by Crippen LogP contribution is -2.22. The summed E-state index contributed by atoms with van der Waals surface area (Å²) in [5.41, 5.74) is 2.78. The number of ether oxygens (including phenoxy) is 1. The minimum atomic E-state index is -0.321. The lowest BCUT2D eigenvalue weighted by atomic mass is 10.1. The quantitative estimate of drug-likeness (QED) is 0.545. The Kier molecular flexibility index (Phi) is 5.22. The van der Waals surface area contributed by atoms with E-state index in [4.69, 9.17) is 4.74 Å². The molecule has 0 bridgehead atoms. The number of para-hydroxylation sites is 1. The van der Waals surface area contributed by atoms with E-state index in [-0.39, 0.29) is 17.2 Å². The minimum Gasteiger partial charge on any atom is -0.497 e. The molecule has 0 radical (unpaired) electrons. The van der Waals surface area contributed by atoms with Gasteiger partial charge in [0, 0.05) is 12.5 Å². The molecular weight excluding hydrogens is 378 g/mol. The van der Waals surface area contributed by atoms with Gasteiger partial charge in [-0.05, 0) is 36.4 Å². The second-order valence-corrected chi connectivity index (χ2v) is 6.73. The summed E-state index contributed by atoms with van der Waals surface area (Å²) in [5, 5.41) is 2.75. The van der Waals surface area contributed by atoms with Gasteiger partial charge in [0.25, 0.3) is 5.56 Å². The Labute approximate surface area is 174 Å². The third kappa shape index (κ3) is 3.51. The third-order valence-corrected chi connectivity index (χ3v) is 4.72. The van der Waals surface area contributed by atoms with Crippen molar-refractivity contribution in [3.8, 4) is 28.4 Å². The van der Waals surface area contributed by atoms with Gasteiger partial charge in [-0.2, -0.15) is 0 Å². The van der Waals surface area contributed by atoms with Crippen molar-refractivity contribution in [2.45, 2.75) is 6.92 Å². The number of hydrogen-bond donors (Lipinski definition) is 1. The molecule has 1 aromatic heterocycles. The number of carbonyl (C=O) groups is 1. The van der Waals surface area contributed by atoms with Gasteiger partial charge in [-0.15, -0.1) is 0 Å². The van der Waals surface area contributed by atoms with Crippen LogP contribution in [-0.4, -0.2) is 22.4 Å². The van der Waals surface area contributed by atoms with Gasteiger partial charge in [0.15, 0.2) is 0 Å². The van der Waals surface area contributed by atoms with Crippen LogP contribution >= 0.6 is 0 Å². The van der Waals surface area contributed by atoms with Crippen molar-refractivity contribution < 1.29 is 9.53 Å². The lowest BCUT2D eigenvalue weighted by Gasteiger charge is -2.16. The van der Waals surface area contributed by atoms with Crippen LogP contribution in [0.4, 0.5) is 5.69 Å². The molecule has 0 spiro atoms. The van der Waals surface area contributed by atoms with Crippen LogP contribution < -0.4 is 15.6 Å². The number of rotatable bonds is 5. The molecule has 1 heterocycles. The number of carbonyl (C=O) groups excluding carboxylic acids is 1. The van der Waals surface area contributed by atoms with Gasteiger partial charge in [-0.25, -0.2) is 9.36 Å². The van der Waals surface area contributed by atoms with E-state index in [1.54, 1.807) is 23.9 Å². The van der Waals surface area contributed by atoms with Gasteiger partial charge in [-0.3, -0.25) is 9.59 Å². The van der Waals surface area contributed by atoms with Gasteiger partial charge in [0.2, 0.25) is 5.91 Å². The van der Waals surface area contributed by atoms with Crippen molar-refractivity contribution in [2.75, 3.05) is 12.4 Å². The predicted molar refractivity (Wildman–Crippen MR) is 118 cm³/mol. The van der Waals surface area contributed by atoms with Crippen molar-refractivity contribution in [1.82, 2.24) is 9.36 Å². The molecule has 4 rings (SSSR count). The molecule has 3 aromatic carbocycles. The molecule has 0 aliphatic rings. The molecular formula is C24H21N3O3. The van der Waals surface area contributed by atoms with Crippen LogP contribution in [-0.2, 0) is 4.79 Å². The maximum atomic E-state index is 13.5. The average molecular weight is 399 g/mol. The first kappa shape index (κ1) is 19.3. The number of methoxy groups -OCH3 is 1. The fourth-order valence-electron chi connectivity index (χ4n) is 3.43. The zero-order valence-corrected chi connectivity index (χ0v) is 16.7. The topological polar surface area (TPSA) is 65.3 Å². The standard InChI is InChI=1S/C24H21N3O3/c1-17(28)25-22-23(18-9-5-3-6-10-18)26(19-11-7-4-8-12-19)27(24(22)29)20-13-15-21(30-2)16-14-20/h3-16H,1-2H3,(H,25,28). The minimum absolute atomic E-state index is 0.230. The van der Waals surface area contributed by atoms with Crippen LogP contribution in [0, 0.1) is 0 Å². The molecule has 0 aliphatic carbocycles. The highest BCUT2D eigenvalue weighted by Gasteiger charge is 2.24. The fraction of sp³-hybridized carbons (Fsp3) is 0.0833. The van der Waals surface area contributed by atoms with E-state index in [0.29, 0.717) is 17.1 Å². The van der Waals surface area contributed by atoms with E-state index >= 15 is 0 Å². The zero-order chi connectivity index (χ0) is 21.1. The maximum Gasteiger partial charge on any atom is 0.296 e. The van der Waals surface area contributed by atoms with Crippen LogP contribution in [0.2, 0.25) is 0 Å². The molecule has 0 atom stereocenters. The summed E-state index contributed by atoms with van der Waals surface area (Å²) in [4.78, 5) is 25.5. The van der Waals surface area contributed by atoms with Crippen molar-refractivity contribution in [1.29, 1.82) is 0 Å². The van der Waals surface area contributed by atoms with Gasteiger partial charge in [-0.1, -0.05) is 48.5 Å². The third-order valence-electron chi connectivity index (χ3n) is 4.72. The highest BCUT2D eigenvalue weighted by molar-refractivity contribution is 5.93. The van der Waals surface area contributed by atoms with Crippen molar-refractivity contribution in [2.24, 2.45) is 0 Å². The summed E-state index contributed by atoms with van der Waals surface area (Å²) >= 11 is 0. The number of benzene rings is 3. The van der Waals surface area contributed by atoms with Gasteiger partial charge in [0.05, 0.1) is 18.5 Å². The average Bonchev–Trinajstić information content (AvgIpc) is 3.06. The number of anilines is 1. The van der Waals surface area contributed by atoms with E-state index in [9.17, 15) is 9.59 Å². The number of amides is 1. The molecule has 4 aromatic rings. The molecule has 1 N–H and O–H groups in total. The number of aromatic nitrogens is 2. The SMILES string of the molecule is COc1ccc(-n2c(=O)c(NC(C)=O)c(-c3ccccc3)n2-c2ccccc2)cc1. The fourth-order valence-corrected chi connectivity index (χ4v) is 3.43. The Morgan fingerprint density at radius 2 is 1.37 bits per heavy atom. The first-order chi connectivity index (χ1) is 14.6. The molecule has 0 unspecified atom stereocenters. The molecule has 6 nitrogen and oxygen atoms in total. The molecule has 30 heavy (non-hydrogen) atoms. The van der Waals surface area contributed by atoms with E-state index in [0.717, 1.165) is 11.3 Å². The largest absolute Gasteiger partial charge is 0.497 e. The first-order valence-corrected chi connectivity index (χ1v) is 9.51. The highest BCUT2D eigenvalue weighted by atomic mass is 16.5. The van der Waals surface area contributed by atoms with E-state index in [1.807, 2.05) is 77.5 Å². The smallest absolute Gasteiger partial charge is 0.296 e. The van der Waals surface area contributed by atoms with Crippen LogP contribution in [0.5, 0.6) is 5.75 Å². The summed E-state index contributed by atoms with van der Waals surface area (Å²) in [7, 11) is 1.59. The second-order valence-electron chi connectivity index (χ2n) is 6.73. The summed E-state index contributed by atoms with van der Waals surface area (Å²) in [6.45, 7) is 1.39. The summed E-state index contributed by atoms with van der Waals surface area (Å²) < 4.78 is 8.63. The first-order valence-electron chi connectivity index (χ1n) is 9.51. The Morgan fingerprint density at radius 3 is 1.93 bits per heavy atom. The Bertz CT molecular complexity index is 1220. The Balaban J connectivity index is 2.10. The second kappa shape index (κ2) is 8.13. The van der Waals surface area contributed by atoms with Gasteiger partial charge in [0.1, 0.15) is 17.1 Å². The van der Waals surface area contributed by atoms with E-state index in [1.165, 1.54) is 6.92 Å². The van der Waals surface area contributed by atoms with Crippen LogP contribution in [0.1, 0.15) is 6.92 Å². The molecule has 6 heteroatoms. The summed E-state index contributed by atoms with van der Waals surface area (Å²) in [5.74, 6) is 0.381. The molecule has 0 aliphatic heterocycles. The number of hydrogen-bond acceptors (Lipinski definition) is 3. The normalized spacial score (nSPS) is 10.6. The van der Waals surface area contributed by atoms with E-state index < -0.39 is 0 Å². The monoisotopic (exact) mass is 399 g/mol. The molecule has 150 valence electrons. The predicted octanol–water partition coefficient (Wildman–Crippen LogP) is 4.26. The van der Waals surface area contributed by atoms with Crippen LogP contribution in [0.15, 0.2) is 89.7 Å². The number of nitrogens with one attached hydrogen (secondary N) is 1. The number of nitrogens with zero attached hydrogens (tertiary/aromatic N) is 2.